The van der Waals surface area contributed by atoms with Crippen LogP contribution < -0.4 is 0 Å². The molecule has 0 N–H and O–H groups in total. The molecule has 0 bridgehead atoms. The molecule has 0 rings (SSSR count). The Hall–Kier alpha value is -1.05. The summed E-state index contributed by atoms with van der Waals surface area (Å²) in [4.78, 5) is 10.9. The minimum Gasteiger partial charge on any atom is -0.463 e. The summed E-state index contributed by atoms with van der Waals surface area (Å²) in [5, 5.41) is 0. The molecule has 0 aromatic rings. The second-order valence-corrected chi connectivity index (χ2v) is 3.39. The van der Waals surface area contributed by atoms with E-state index in [1.165, 1.54) is 31.8 Å². The summed E-state index contributed by atoms with van der Waals surface area (Å²) >= 11 is 0. The standard InChI is InChI=1S/C13H22O2/c1-3-5-6-7-8-9-10-11-12-13(14)15-4-2/h9-12H,3-8H2,1-2H3/b10-9-,12-11?. The van der Waals surface area contributed by atoms with Crippen molar-refractivity contribution in [2.45, 2.75) is 46.0 Å². The van der Waals surface area contributed by atoms with Crippen LogP contribution in [0.25, 0.3) is 0 Å². The first kappa shape index (κ1) is 13.9. The Morgan fingerprint density at radius 3 is 2.60 bits per heavy atom. The molecular formula is C13H22O2. The van der Waals surface area contributed by atoms with E-state index in [-0.39, 0.29) is 5.97 Å². The van der Waals surface area contributed by atoms with Gasteiger partial charge < -0.3 is 4.74 Å². The summed E-state index contributed by atoms with van der Waals surface area (Å²) in [7, 11) is 0. The van der Waals surface area contributed by atoms with Crippen molar-refractivity contribution in [3.63, 3.8) is 0 Å². The van der Waals surface area contributed by atoms with Gasteiger partial charge in [0.25, 0.3) is 0 Å². The van der Waals surface area contributed by atoms with Gasteiger partial charge in [0.15, 0.2) is 0 Å². The number of hydrogen-bond donors (Lipinski definition) is 0. The van der Waals surface area contributed by atoms with Crippen molar-refractivity contribution in [3.05, 3.63) is 24.3 Å². The summed E-state index contributed by atoms with van der Waals surface area (Å²) < 4.78 is 4.74. The number of hydrogen-bond acceptors (Lipinski definition) is 2. The van der Waals surface area contributed by atoms with Gasteiger partial charge in [-0.15, -0.1) is 0 Å². The minimum atomic E-state index is -0.270. The summed E-state index contributed by atoms with van der Waals surface area (Å²) in [6.45, 7) is 4.44. The van der Waals surface area contributed by atoms with Crippen molar-refractivity contribution >= 4 is 5.97 Å². The summed E-state index contributed by atoms with van der Waals surface area (Å²) in [6.07, 6.45) is 13.4. The molecule has 86 valence electrons. The molecule has 0 aliphatic rings. The summed E-state index contributed by atoms with van der Waals surface area (Å²) in [5.41, 5.74) is 0. The van der Waals surface area contributed by atoms with Crippen LogP contribution in [0.5, 0.6) is 0 Å². The summed E-state index contributed by atoms with van der Waals surface area (Å²) in [5.74, 6) is -0.270. The lowest BCUT2D eigenvalue weighted by atomic mass is 10.1. The SMILES string of the molecule is CCCCCC/C=C\C=CC(=O)OCC. The Kier molecular flexibility index (Phi) is 10.3. The predicted molar refractivity (Wildman–Crippen MR) is 63.7 cm³/mol. The van der Waals surface area contributed by atoms with Gasteiger partial charge in [0.1, 0.15) is 0 Å². The van der Waals surface area contributed by atoms with Gasteiger partial charge >= 0.3 is 5.97 Å². The minimum absolute atomic E-state index is 0.270. The highest BCUT2D eigenvalue weighted by atomic mass is 16.5. The lowest BCUT2D eigenvalue weighted by Crippen LogP contribution is -1.98. The zero-order valence-corrected chi connectivity index (χ0v) is 9.87. The molecule has 0 saturated heterocycles. The Bertz CT molecular complexity index is 205. The molecule has 0 fully saturated rings. The van der Waals surface area contributed by atoms with E-state index in [2.05, 4.69) is 13.0 Å². The molecule has 0 spiro atoms. The van der Waals surface area contributed by atoms with E-state index in [0.29, 0.717) is 6.61 Å². The van der Waals surface area contributed by atoms with Crippen LogP contribution in [0.15, 0.2) is 24.3 Å². The van der Waals surface area contributed by atoms with Crippen LogP contribution in [0.3, 0.4) is 0 Å². The molecule has 0 aliphatic carbocycles. The van der Waals surface area contributed by atoms with Crippen molar-refractivity contribution in [2.24, 2.45) is 0 Å². The van der Waals surface area contributed by atoms with Gasteiger partial charge in [-0.25, -0.2) is 4.79 Å². The molecule has 0 saturated carbocycles. The van der Waals surface area contributed by atoms with Crippen LogP contribution in [0.4, 0.5) is 0 Å². The number of esters is 1. The Morgan fingerprint density at radius 2 is 1.93 bits per heavy atom. The second-order valence-electron chi connectivity index (χ2n) is 3.39. The third kappa shape index (κ3) is 10.9. The molecule has 0 amide bonds. The van der Waals surface area contributed by atoms with E-state index in [1.54, 1.807) is 13.0 Å². The molecule has 0 atom stereocenters. The fraction of sp³-hybridized carbons (Fsp3) is 0.615. The molecule has 0 aromatic carbocycles. The molecule has 15 heavy (non-hydrogen) atoms. The lowest BCUT2D eigenvalue weighted by molar-refractivity contribution is -0.137. The van der Waals surface area contributed by atoms with E-state index in [4.69, 9.17) is 4.74 Å². The Balaban J connectivity index is 3.40. The van der Waals surface area contributed by atoms with Crippen LogP contribution >= 0.6 is 0 Å². The summed E-state index contributed by atoms with van der Waals surface area (Å²) in [6, 6.07) is 0. The Labute approximate surface area is 93.0 Å². The fourth-order valence-corrected chi connectivity index (χ4v) is 1.19. The van der Waals surface area contributed by atoms with Crippen molar-refractivity contribution in [3.8, 4) is 0 Å². The molecule has 0 aromatic heterocycles. The maximum Gasteiger partial charge on any atom is 0.330 e. The first-order chi connectivity index (χ1) is 7.31. The quantitative estimate of drug-likeness (QED) is 0.265. The predicted octanol–water partition coefficient (Wildman–Crippen LogP) is 3.63. The van der Waals surface area contributed by atoms with Crippen molar-refractivity contribution in [2.75, 3.05) is 6.61 Å². The fourth-order valence-electron chi connectivity index (χ4n) is 1.19. The molecular weight excluding hydrogens is 188 g/mol. The van der Waals surface area contributed by atoms with Crippen molar-refractivity contribution in [1.29, 1.82) is 0 Å². The first-order valence-corrected chi connectivity index (χ1v) is 5.81. The zero-order chi connectivity index (χ0) is 11.4. The normalized spacial score (nSPS) is 11.3. The van der Waals surface area contributed by atoms with E-state index in [1.807, 2.05) is 6.08 Å². The van der Waals surface area contributed by atoms with Gasteiger partial charge in [-0.1, -0.05) is 44.4 Å². The van der Waals surface area contributed by atoms with Gasteiger partial charge in [0.2, 0.25) is 0 Å². The number of carbonyl (C=O) groups excluding carboxylic acids is 1. The van der Waals surface area contributed by atoms with Crippen LogP contribution in [0.1, 0.15) is 46.0 Å². The van der Waals surface area contributed by atoms with Crippen LogP contribution in [0.2, 0.25) is 0 Å². The molecule has 0 heterocycles. The Morgan fingerprint density at radius 1 is 1.13 bits per heavy atom. The van der Waals surface area contributed by atoms with Crippen molar-refractivity contribution in [1.82, 2.24) is 0 Å². The van der Waals surface area contributed by atoms with Crippen LogP contribution in [-0.4, -0.2) is 12.6 Å². The van der Waals surface area contributed by atoms with Crippen LogP contribution in [-0.2, 0) is 9.53 Å². The van der Waals surface area contributed by atoms with Gasteiger partial charge in [-0.05, 0) is 19.8 Å². The molecule has 2 nitrogen and oxygen atoms in total. The smallest absolute Gasteiger partial charge is 0.330 e. The largest absolute Gasteiger partial charge is 0.463 e. The monoisotopic (exact) mass is 210 g/mol. The maximum absolute atomic E-state index is 10.9. The van der Waals surface area contributed by atoms with E-state index in [0.717, 1.165) is 6.42 Å². The number of allylic oxidation sites excluding steroid dienone is 3. The molecule has 0 aliphatic heterocycles. The highest BCUT2D eigenvalue weighted by Crippen LogP contribution is 2.02. The molecule has 2 heteroatoms. The average Bonchev–Trinajstić information content (AvgIpc) is 2.22. The van der Waals surface area contributed by atoms with E-state index in [9.17, 15) is 4.79 Å². The highest BCUT2D eigenvalue weighted by molar-refractivity contribution is 5.82. The zero-order valence-electron chi connectivity index (χ0n) is 9.87. The van der Waals surface area contributed by atoms with Crippen molar-refractivity contribution < 1.29 is 9.53 Å². The number of unbranched alkanes of at least 4 members (excludes halogenated alkanes) is 4. The highest BCUT2D eigenvalue weighted by Gasteiger charge is 1.89. The molecule has 0 unspecified atom stereocenters. The molecule has 0 radical (unpaired) electrons. The van der Waals surface area contributed by atoms with Gasteiger partial charge in [0.05, 0.1) is 6.61 Å². The number of ether oxygens (including phenoxy) is 1. The van der Waals surface area contributed by atoms with E-state index < -0.39 is 0 Å². The number of rotatable bonds is 8. The maximum atomic E-state index is 10.9. The third-order valence-corrected chi connectivity index (χ3v) is 1.99. The first-order valence-electron chi connectivity index (χ1n) is 5.81. The second kappa shape index (κ2) is 11.0. The van der Waals surface area contributed by atoms with E-state index >= 15 is 0 Å². The van der Waals surface area contributed by atoms with Gasteiger partial charge in [-0.3, -0.25) is 0 Å². The number of carbonyl (C=O) groups is 1. The van der Waals surface area contributed by atoms with Gasteiger partial charge in [0, 0.05) is 6.08 Å². The topological polar surface area (TPSA) is 26.3 Å². The third-order valence-electron chi connectivity index (χ3n) is 1.99. The van der Waals surface area contributed by atoms with Gasteiger partial charge in [-0.2, -0.15) is 0 Å². The lowest BCUT2D eigenvalue weighted by Gasteiger charge is -1.93. The van der Waals surface area contributed by atoms with Crippen LogP contribution in [0, 0.1) is 0 Å². The average molecular weight is 210 g/mol.